The van der Waals surface area contributed by atoms with Gasteiger partial charge in [-0.05, 0) is 31.9 Å². The Balaban J connectivity index is 2.39. The first-order valence-electron chi connectivity index (χ1n) is 6.34. The van der Waals surface area contributed by atoms with E-state index in [0.717, 1.165) is 37.8 Å². The Bertz CT molecular complexity index is 424. The van der Waals surface area contributed by atoms with Crippen LogP contribution in [-0.4, -0.2) is 18.9 Å². The zero-order valence-corrected chi connectivity index (χ0v) is 10.5. The van der Waals surface area contributed by atoms with Gasteiger partial charge in [-0.3, -0.25) is 4.79 Å². The van der Waals surface area contributed by atoms with Gasteiger partial charge in [0.25, 0.3) is 0 Å². The molecule has 0 N–H and O–H groups in total. The Morgan fingerprint density at radius 3 is 2.50 bits per heavy atom. The Labute approximate surface area is 106 Å². The number of nitrogens with zero attached hydrogens (tertiary/aromatic N) is 1. The summed E-state index contributed by atoms with van der Waals surface area (Å²) in [6.07, 6.45) is 4.53. The number of hydrogen-bond donors (Lipinski definition) is 0. The van der Waals surface area contributed by atoms with Crippen molar-refractivity contribution in [1.29, 1.82) is 0 Å². The molecule has 1 aromatic rings. The quantitative estimate of drug-likeness (QED) is 0.751. The second-order valence-corrected chi connectivity index (χ2v) is 4.84. The molecule has 2 rings (SSSR count). The first-order valence-corrected chi connectivity index (χ1v) is 6.34. The summed E-state index contributed by atoms with van der Waals surface area (Å²) in [4.78, 5) is 12.4. The third-order valence-corrected chi connectivity index (χ3v) is 3.52. The highest BCUT2D eigenvalue weighted by atomic mass is 19.1. The van der Waals surface area contributed by atoms with Crippen molar-refractivity contribution in [1.82, 2.24) is 0 Å². The molecule has 18 heavy (non-hydrogen) atoms. The van der Waals surface area contributed by atoms with E-state index in [1.165, 1.54) is 0 Å². The molecular weight excluding hydrogens is 236 g/mol. The van der Waals surface area contributed by atoms with Crippen molar-refractivity contribution in [3.63, 3.8) is 0 Å². The third kappa shape index (κ3) is 2.52. The Kier molecular flexibility index (Phi) is 3.94. The van der Waals surface area contributed by atoms with Gasteiger partial charge >= 0.3 is 0 Å². The van der Waals surface area contributed by atoms with E-state index in [4.69, 9.17) is 0 Å². The fourth-order valence-electron chi connectivity index (χ4n) is 2.53. The summed E-state index contributed by atoms with van der Waals surface area (Å²) in [6, 6.07) is 2.32. The largest absolute Gasteiger partial charge is 0.364 e. The lowest BCUT2D eigenvalue weighted by molar-refractivity contribution is 0.112. The smallest absolute Gasteiger partial charge is 0.150 e. The molecular formula is C14H17F2NO. The highest BCUT2D eigenvalue weighted by Gasteiger charge is 2.23. The van der Waals surface area contributed by atoms with Gasteiger partial charge in [0.05, 0.1) is 0 Å². The molecule has 1 aromatic carbocycles. The van der Waals surface area contributed by atoms with Gasteiger partial charge in [0, 0.05) is 18.2 Å². The maximum atomic E-state index is 13.9. The Hall–Kier alpha value is -1.45. The molecule has 2 nitrogen and oxygen atoms in total. The SMILES string of the molecule is CC1CCCCCN1c1c(F)cc(C=O)cc1F. The van der Waals surface area contributed by atoms with E-state index >= 15 is 0 Å². The van der Waals surface area contributed by atoms with Gasteiger partial charge in [0.2, 0.25) is 0 Å². The molecule has 0 spiro atoms. The lowest BCUT2D eigenvalue weighted by Gasteiger charge is -2.30. The first-order chi connectivity index (χ1) is 8.63. The topological polar surface area (TPSA) is 20.3 Å². The second kappa shape index (κ2) is 5.46. The molecule has 0 radical (unpaired) electrons. The minimum absolute atomic E-state index is 0.00926. The van der Waals surface area contributed by atoms with E-state index in [1.54, 1.807) is 4.90 Å². The van der Waals surface area contributed by atoms with Gasteiger partial charge in [-0.25, -0.2) is 8.78 Å². The monoisotopic (exact) mass is 253 g/mol. The van der Waals surface area contributed by atoms with Crippen molar-refractivity contribution in [3.05, 3.63) is 29.3 Å². The van der Waals surface area contributed by atoms with Crippen molar-refractivity contribution in [2.75, 3.05) is 11.4 Å². The van der Waals surface area contributed by atoms with Gasteiger partial charge in [0.15, 0.2) is 0 Å². The summed E-state index contributed by atoms with van der Waals surface area (Å²) in [5.41, 5.74) is 0.0474. The van der Waals surface area contributed by atoms with Crippen molar-refractivity contribution < 1.29 is 13.6 Å². The van der Waals surface area contributed by atoms with Crippen LogP contribution in [-0.2, 0) is 0 Å². The van der Waals surface area contributed by atoms with Crippen LogP contribution in [0, 0.1) is 11.6 Å². The summed E-state index contributed by atoms with van der Waals surface area (Å²) < 4.78 is 27.9. The number of carbonyl (C=O) groups excluding carboxylic acids is 1. The summed E-state index contributed by atoms with van der Waals surface area (Å²) >= 11 is 0. The summed E-state index contributed by atoms with van der Waals surface area (Å²) in [7, 11) is 0. The molecule has 1 saturated heterocycles. The average molecular weight is 253 g/mol. The van der Waals surface area contributed by atoms with E-state index in [2.05, 4.69) is 0 Å². The lowest BCUT2D eigenvalue weighted by Crippen LogP contribution is -2.34. The number of anilines is 1. The minimum atomic E-state index is -0.647. The van der Waals surface area contributed by atoms with E-state index < -0.39 is 11.6 Å². The van der Waals surface area contributed by atoms with Gasteiger partial charge in [0.1, 0.15) is 23.6 Å². The van der Waals surface area contributed by atoms with Gasteiger partial charge in [-0.15, -0.1) is 0 Å². The van der Waals surface area contributed by atoms with E-state index in [9.17, 15) is 13.6 Å². The molecule has 1 heterocycles. The molecule has 0 saturated carbocycles. The lowest BCUT2D eigenvalue weighted by atomic mass is 10.1. The van der Waals surface area contributed by atoms with E-state index in [0.29, 0.717) is 12.8 Å². The molecule has 0 aliphatic carbocycles. The van der Waals surface area contributed by atoms with Crippen LogP contribution >= 0.6 is 0 Å². The maximum absolute atomic E-state index is 13.9. The fourth-order valence-corrected chi connectivity index (χ4v) is 2.53. The van der Waals surface area contributed by atoms with Gasteiger partial charge < -0.3 is 4.90 Å². The van der Waals surface area contributed by atoms with E-state index in [-0.39, 0.29) is 17.3 Å². The highest BCUT2D eigenvalue weighted by molar-refractivity contribution is 5.76. The molecule has 1 aliphatic rings. The van der Waals surface area contributed by atoms with Crippen molar-refractivity contribution in [2.24, 2.45) is 0 Å². The van der Waals surface area contributed by atoms with Crippen LogP contribution in [0.4, 0.5) is 14.5 Å². The summed E-state index contributed by atoms with van der Waals surface area (Å²) in [5.74, 6) is -1.29. The predicted octanol–water partition coefficient (Wildman–Crippen LogP) is 3.55. The van der Waals surface area contributed by atoms with Crippen LogP contribution in [0.5, 0.6) is 0 Å². The van der Waals surface area contributed by atoms with Crippen LogP contribution in [0.1, 0.15) is 43.0 Å². The Morgan fingerprint density at radius 2 is 1.89 bits per heavy atom. The molecule has 1 fully saturated rings. The summed E-state index contributed by atoms with van der Waals surface area (Å²) in [5, 5.41) is 0. The second-order valence-electron chi connectivity index (χ2n) is 4.84. The maximum Gasteiger partial charge on any atom is 0.150 e. The molecule has 0 amide bonds. The third-order valence-electron chi connectivity index (χ3n) is 3.52. The zero-order valence-electron chi connectivity index (χ0n) is 10.5. The highest BCUT2D eigenvalue weighted by Crippen LogP contribution is 2.29. The molecule has 1 aliphatic heterocycles. The predicted molar refractivity (Wildman–Crippen MR) is 67.0 cm³/mol. The van der Waals surface area contributed by atoms with Crippen LogP contribution in [0.15, 0.2) is 12.1 Å². The fraction of sp³-hybridized carbons (Fsp3) is 0.500. The van der Waals surface area contributed by atoms with Crippen LogP contribution in [0.3, 0.4) is 0 Å². The molecule has 98 valence electrons. The van der Waals surface area contributed by atoms with Crippen molar-refractivity contribution in [3.8, 4) is 0 Å². The number of benzene rings is 1. The van der Waals surface area contributed by atoms with Crippen LogP contribution in [0.2, 0.25) is 0 Å². The molecule has 4 heteroatoms. The first kappa shape index (κ1) is 13.0. The summed E-state index contributed by atoms with van der Waals surface area (Å²) in [6.45, 7) is 2.65. The Morgan fingerprint density at radius 1 is 1.22 bits per heavy atom. The zero-order chi connectivity index (χ0) is 13.1. The molecule has 1 atom stereocenters. The number of carbonyl (C=O) groups is 1. The number of rotatable bonds is 2. The molecule has 1 unspecified atom stereocenters. The molecule has 0 bridgehead atoms. The van der Waals surface area contributed by atoms with Crippen LogP contribution in [0.25, 0.3) is 0 Å². The number of aldehydes is 1. The number of hydrogen-bond acceptors (Lipinski definition) is 2. The van der Waals surface area contributed by atoms with Gasteiger partial charge in [-0.2, -0.15) is 0 Å². The molecule has 0 aromatic heterocycles. The van der Waals surface area contributed by atoms with Crippen LogP contribution < -0.4 is 4.90 Å². The van der Waals surface area contributed by atoms with E-state index in [1.807, 2.05) is 6.92 Å². The standard InChI is InChI=1S/C14H17F2NO/c1-10-5-3-2-4-6-17(10)14-12(15)7-11(9-18)8-13(14)16/h7-10H,2-6H2,1H3. The van der Waals surface area contributed by atoms with Crippen molar-refractivity contribution >= 4 is 12.0 Å². The van der Waals surface area contributed by atoms with Gasteiger partial charge in [-0.1, -0.05) is 12.8 Å². The average Bonchev–Trinajstić information content (AvgIpc) is 2.54. The normalized spacial score (nSPS) is 20.6. The minimum Gasteiger partial charge on any atom is -0.364 e. The number of halogens is 2. The van der Waals surface area contributed by atoms with Crippen molar-refractivity contribution in [2.45, 2.75) is 38.6 Å².